The van der Waals surface area contributed by atoms with Crippen molar-refractivity contribution in [3.05, 3.63) is 41.0 Å². The van der Waals surface area contributed by atoms with Crippen molar-refractivity contribution in [1.29, 1.82) is 0 Å². The summed E-state index contributed by atoms with van der Waals surface area (Å²) in [4.78, 5) is 25.2. The van der Waals surface area contributed by atoms with Crippen LogP contribution in [0.5, 0.6) is 0 Å². The molecule has 0 radical (unpaired) electrons. The Bertz CT molecular complexity index is 851. The highest BCUT2D eigenvalue weighted by Gasteiger charge is 2.37. The first kappa shape index (κ1) is 21.7. The minimum atomic E-state index is -0.181. The quantitative estimate of drug-likeness (QED) is 0.719. The number of hydrogen-bond donors (Lipinski definition) is 1. The van der Waals surface area contributed by atoms with Crippen LogP contribution in [0.4, 0.5) is 0 Å². The van der Waals surface area contributed by atoms with Gasteiger partial charge in [0, 0.05) is 12.8 Å². The number of rotatable bonds is 6. The number of aliphatic imine (C=N–C) groups is 1. The Morgan fingerprint density at radius 2 is 2.10 bits per heavy atom. The number of hydrogen-bond acceptors (Lipinski definition) is 5. The zero-order valence-electron chi connectivity index (χ0n) is 18.1. The molecule has 156 valence electrons. The van der Waals surface area contributed by atoms with Gasteiger partial charge in [0.05, 0.1) is 34.7 Å². The predicted octanol–water partition coefficient (Wildman–Crippen LogP) is 4.31. The lowest BCUT2D eigenvalue weighted by Gasteiger charge is -2.34. The molecule has 5 nitrogen and oxygen atoms in total. The molecule has 2 atom stereocenters. The van der Waals surface area contributed by atoms with Gasteiger partial charge in [0.1, 0.15) is 0 Å². The van der Waals surface area contributed by atoms with Gasteiger partial charge in [0.25, 0.3) is 0 Å². The van der Waals surface area contributed by atoms with Crippen LogP contribution in [-0.4, -0.2) is 47.7 Å². The third-order valence-corrected chi connectivity index (χ3v) is 6.47. The van der Waals surface area contributed by atoms with E-state index in [0.717, 1.165) is 25.1 Å². The number of thiazole rings is 1. The fourth-order valence-corrected chi connectivity index (χ4v) is 4.75. The molecule has 1 aromatic carbocycles. The summed E-state index contributed by atoms with van der Waals surface area (Å²) >= 11 is 1.67. The fraction of sp³-hybridized carbons (Fsp3) is 0.522. The number of carbonyl (C=O) groups excluding carboxylic acids is 1. The number of nitrogens with one attached hydrogen (secondary N) is 1. The molecule has 0 aliphatic carbocycles. The van der Waals surface area contributed by atoms with Gasteiger partial charge in [-0.25, -0.2) is 4.98 Å². The largest absolute Gasteiger partial charge is 0.333 e. The minimum Gasteiger partial charge on any atom is -0.333 e. The summed E-state index contributed by atoms with van der Waals surface area (Å²) in [5, 5.41) is 3.20. The van der Waals surface area contributed by atoms with Crippen LogP contribution in [-0.2, 0) is 11.3 Å². The molecule has 2 aromatic rings. The van der Waals surface area contributed by atoms with Gasteiger partial charge in [-0.2, -0.15) is 0 Å². The average molecular weight is 413 g/mol. The summed E-state index contributed by atoms with van der Waals surface area (Å²) in [5.74, 6) is 0.179. The van der Waals surface area contributed by atoms with Crippen LogP contribution in [0.3, 0.4) is 0 Å². The van der Waals surface area contributed by atoms with E-state index in [2.05, 4.69) is 60.3 Å². The predicted molar refractivity (Wildman–Crippen MR) is 122 cm³/mol. The van der Waals surface area contributed by atoms with E-state index in [1.165, 1.54) is 16.0 Å². The average Bonchev–Trinajstić information content (AvgIpc) is 3.30. The number of aromatic nitrogens is 1. The van der Waals surface area contributed by atoms with E-state index in [9.17, 15) is 4.79 Å². The zero-order chi connectivity index (χ0) is 21.0. The molecule has 0 spiro atoms. The maximum atomic E-state index is 13.0. The van der Waals surface area contributed by atoms with Crippen molar-refractivity contribution in [2.45, 2.75) is 59.2 Å². The smallest absolute Gasteiger partial charge is 0.240 e. The Hall–Kier alpha value is -2.05. The highest BCUT2D eigenvalue weighted by molar-refractivity contribution is 7.13. The van der Waals surface area contributed by atoms with E-state index in [1.807, 2.05) is 30.6 Å². The Labute approximate surface area is 178 Å². The molecule has 1 aliphatic heterocycles. The summed E-state index contributed by atoms with van der Waals surface area (Å²) in [6.07, 6.45) is 3.99. The molecule has 1 aromatic heterocycles. The highest BCUT2D eigenvalue weighted by Crippen LogP contribution is 2.27. The van der Waals surface area contributed by atoms with E-state index < -0.39 is 0 Å². The van der Waals surface area contributed by atoms with Crippen LogP contribution in [0, 0.1) is 12.3 Å². The second-order valence-electron chi connectivity index (χ2n) is 8.78. The lowest BCUT2D eigenvalue weighted by molar-refractivity contribution is -0.135. The number of likely N-dealkylation sites (N-methyl/N-ethyl adjacent to an activating group) is 1. The van der Waals surface area contributed by atoms with Crippen LogP contribution in [0.15, 0.2) is 34.8 Å². The van der Waals surface area contributed by atoms with Crippen LogP contribution in [0.25, 0.3) is 10.4 Å². The van der Waals surface area contributed by atoms with E-state index in [0.29, 0.717) is 6.54 Å². The number of likely N-dealkylation sites (tertiary alicyclic amines) is 1. The first-order valence-electron chi connectivity index (χ1n) is 10.3. The van der Waals surface area contributed by atoms with Gasteiger partial charge in [-0.3, -0.25) is 9.79 Å². The molecule has 29 heavy (non-hydrogen) atoms. The van der Waals surface area contributed by atoms with Crippen molar-refractivity contribution < 1.29 is 4.79 Å². The van der Waals surface area contributed by atoms with Gasteiger partial charge in [-0.05, 0) is 43.4 Å². The molecular weight excluding hydrogens is 380 g/mol. The van der Waals surface area contributed by atoms with Gasteiger partial charge in [-0.15, -0.1) is 11.3 Å². The molecular formula is C23H32N4OS. The summed E-state index contributed by atoms with van der Waals surface area (Å²) in [6.45, 7) is 9.78. The van der Waals surface area contributed by atoms with Crippen molar-refractivity contribution in [2.75, 3.05) is 13.6 Å². The number of aryl methyl sites for hydroxylation is 1. The van der Waals surface area contributed by atoms with Crippen LogP contribution in [0.1, 0.15) is 44.9 Å². The highest BCUT2D eigenvalue weighted by atomic mass is 32.1. The SMILES string of the molecule is CN[C@@H](C(=O)N1CCC[C@@H]1C=NCc1ccc(-c2scnc2C)cc1)C(C)(C)C. The lowest BCUT2D eigenvalue weighted by Crippen LogP contribution is -2.53. The fourth-order valence-electron chi connectivity index (χ4n) is 3.93. The Morgan fingerprint density at radius 1 is 1.38 bits per heavy atom. The van der Waals surface area contributed by atoms with Crippen molar-refractivity contribution in [1.82, 2.24) is 15.2 Å². The first-order valence-corrected chi connectivity index (χ1v) is 11.2. The second kappa shape index (κ2) is 9.18. The van der Waals surface area contributed by atoms with Gasteiger partial charge < -0.3 is 10.2 Å². The molecule has 1 fully saturated rings. The standard InChI is InChI=1S/C23H32N4OS/c1-16-20(29-15-26-16)18-10-8-17(9-11-18)13-25-14-19-7-6-12-27(19)22(28)21(24-5)23(2,3)4/h8-11,14-15,19,21,24H,6-7,12-13H2,1-5H3/t19-,21+/m1/s1. The van der Waals surface area contributed by atoms with Crippen molar-refractivity contribution in [2.24, 2.45) is 10.4 Å². The van der Waals surface area contributed by atoms with Gasteiger partial charge in [-0.1, -0.05) is 45.0 Å². The van der Waals surface area contributed by atoms with Crippen LogP contribution < -0.4 is 5.32 Å². The monoisotopic (exact) mass is 412 g/mol. The number of benzene rings is 1. The third-order valence-electron chi connectivity index (χ3n) is 5.50. The summed E-state index contributed by atoms with van der Waals surface area (Å²) < 4.78 is 0. The van der Waals surface area contributed by atoms with E-state index >= 15 is 0 Å². The van der Waals surface area contributed by atoms with E-state index in [4.69, 9.17) is 0 Å². The molecule has 0 unspecified atom stereocenters. The number of amides is 1. The van der Waals surface area contributed by atoms with Gasteiger partial charge in [0.15, 0.2) is 0 Å². The Balaban J connectivity index is 1.62. The molecule has 0 bridgehead atoms. The maximum absolute atomic E-state index is 13.0. The molecule has 2 heterocycles. The second-order valence-corrected chi connectivity index (χ2v) is 9.64. The first-order chi connectivity index (χ1) is 13.8. The van der Waals surface area contributed by atoms with Gasteiger partial charge in [0.2, 0.25) is 5.91 Å². The molecule has 6 heteroatoms. The van der Waals surface area contributed by atoms with Crippen LogP contribution >= 0.6 is 11.3 Å². The number of nitrogens with zero attached hydrogens (tertiary/aromatic N) is 3. The molecule has 1 saturated heterocycles. The molecule has 1 N–H and O–H groups in total. The normalized spacial score (nSPS) is 18.5. The summed E-state index contributed by atoms with van der Waals surface area (Å²) in [6, 6.07) is 8.44. The Morgan fingerprint density at radius 3 is 2.69 bits per heavy atom. The number of carbonyl (C=O) groups is 1. The third kappa shape index (κ3) is 5.11. The lowest BCUT2D eigenvalue weighted by atomic mass is 9.86. The topological polar surface area (TPSA) is 57.6 Å². The van der Waals surface area contributed by atoms with Crippen LogP contribution in [0.2, 0.25) is 0 Å². The van der Waals surface area contributed by atoms with Gasteiger partial charge >= 0.3 is 0 Å². The zero-order valence-corrected chi connectivity index (χ0v) is 18.9. The van der Waals surface area contributed by atoms with E-state index in [-0.39, 0.29) is 23.4 Å². The molecule has 1 aliphatic rings. The van der Waals surface area contributed by atoms with Crippen molar-refractivity contribution in [3.63, 3.8) is 0 Å². The minimum absolute atomic E-state index is 0.0971. The van der Waals surface area contributed by atoms with Crippen molar-refractivity contribution in [3.8, 4) is 10.4 Å². The van der Waals surface area contributed by atoms with Crippen molar-refractivity contribution >= 4 is 23.5 Å². The summed E-state index contributed by atoms with van der Waals surface area (Å²) in [5.41, 5.74) is 5.21. The molecule has 0 saturated carbocycles. The van der Waals surface area contributed by atoms with E-state index in [1.54, 1.807) is 11.3 Å². The summed E-state index contributed by atoms with van der Waals surface area (Å²) in [7, 11) is 1.87. The maximum Gasteiger partial charge on any atom is 0.240 e. The molecule has 1 amide bonds. The molecule has 3 rings (SSSR count). The Kier molecular flexibility index (Phi) is 6.85.